The highest BCUT2D eigenvalue weighted by Gasteiger charge is 2.14. The SMILES string of the molecule is CCNc1cc(C(=O)NC(C)c2ncc[nH]2)cc(C)n1. The van der Waals surface area contributed by atoms with Crippen molar-refractivity contribution in [3.8, 4) is 0 Å². The summed E-state index contributed by atoms with van der Waals surface area (Å²) in [5.74, 6) is 1.30. The van der Waals surface area contributed by atoms with Crippen LogP contribution in [-0.4, -0.2) is 27.4 Å². The fourth-order valence-corrected chi connectivity index (χ4v) is 1.93. The molecule has 20 heavy (non-hydrogen) atoms. The van der Waals surface area contributed by atoms with Crippen LogP contribution >= 0.6 is 0 Å². The van der Waals surface area contributed by atoms with Gasteiger partial charge in [0.2, 0.25) is 0 Å². The van der Waals surface area contributed by atoms with E-state index in [4.69, 9.17) is 0 Å². The first-order valence-corrected chi connectivity index (χ1v) is 6.63. The second kappa shape index (κ2) is 6.18. The number of carbonyl (C=O) groups is 1. The third-order valence-corrected chi connectivity index (χ3v) is 2.85. The Balaban J connectivity index is 2.12. The summed E-state index contributed by atoms with van der Waals surface area (Å²) in [6.07, 6.45) is 3.40. The summed E-state index contributed by atoms with van der Waals surface area (Å²) >= 11 is 0. The number of aromatic nitrogens is 3. The summed E-state index contributed by atoms with van der Waals surface area (Å²) < 4.78 is 0. The van der Waals surface area contributed by atoms with Crippen LogP contribution in [0.25, 0.3) is 0 Å². The molecule has 0 spiro atoms. The minimum absolute atomic E-state index is 0.140. The van der Waals surface area contributed by atoms with Crippen molar-refractivity contribution < 1.29 is 4.79 Å². The Bertz CT molecular complexity index is 579. The van der Waals surface area contributed by atoms with E-state index in [0.29, 0.717) is 11.4 Å². The summed E-state index contributed by atoms with van der Waals surface area (Å²) in [4.78, 5) is 23.7. The zero-order chi connectivity index (χ0) is 14.5. The van der Waals surface area contributed by atoms with Crippen molar-refractivity contribution in [1.82, 2.24) is 20.3 Å². The smallest absolute Gasteiger partial charge is 0.252 e. The van der Waals surface area contributed by atoms with E-state index in [0.717, 1.165) is 18.1 Å². The number of amides is 1. The second-order valence-electron chi connectivity index (χ2n) is 4.58. The largest absolute Gasteiger partial charge is 0.370 e. The Morgan fingerprint density at radius 1 is 1.45 bits per heavy atom. The molecule has 0 aromatic carbocycles. The number of carbonyl (C=O) groups excluding carboxylic acids is 1. The van der Waals surface area contributed by atoms with E-state index >= 15 is 0 Å². The molecule has 2 rings (SSSR count). The number of rotatable bonds is 5. The van der Waals surface area contributed by atoms with Crippen molar-refractivity contribution in [2.45, 2.75) is 26.8 Å². The number of hydrogen-bond donors (Lipinski definition) is 3. The molecule has 2 heterocycles. The molecule has 2 aromatic rings. The third kappa shape index (κ3) is 3.34. The average Bonchev–Trinajstić information content (AvgIpc) is 2.92. The third-order valence-electron chi connectivity index (χ3n) is 2.85. The zero-order valence-corrected chi connectivity index (χ0v) is 11.9. The summed E-state index contributed by atoms with van der Waals surface area (Å²) in [7, 11) is 0. The fraction of sp³-hybridized carbons (Fsp3) is 0.357. The predicted octanol–water partition coefficient (Wildman–Crippen LogP) is 2.04. The van der Waals surface area contributed by atoms with Crippen molar-refractivity contribution in [1.29, 1.82) is 0 Å². The van der Waals surface area contributed by atoms with Gasteiger partial charge < -0.3 is 15.6 Å². The van der Waals surface area contributed by atoms with E-state index in [9.17, 15) is 4.79 Å². The molecule has 106 valence electrons. The lowest BCUT2D eigenvalue weighted by molar-refractivity contribution is 0.0938. The van der Waals surface area contributed by atoms with E-state index in [1.807, 2.05) is 20.8 Å². The lowest BCUT2D eigenvalue weighted by atomic mass is 10.2. The van der Waals surface area contributed by atoms with Gasteiger partial charge in [-0.1, -0.05) is 0 Å². The highest BCUT2D eigenvalue weighted by Crippen LogP contribution is 2.12. The lowest BCUT2D eigenvalue weighted by Gasteiger charge is -2.13. The Morgan fingerprint density at radius 3 is 2.90 bits per heavy atom. The Hall–Kier alpha value is -2.37. The van der Waals surface area contributed by atoms with Crippen LogP contribution in [-0.2, 0) is 0 Å². The van der Waals surface area contributed by atoms with Gasteiger partial charge in [-0.3, -0.25) is 4.79 Å². The number of hydrogen-bond acceptors (Lipinski definition) is 4. The van der Waals surface area contributed by atoms with Gasteiger partial charge in [0.1, 0.15) is 11.6 Å². The summed E-state index contributed by atoms with van der Waals surface area (Å²) in [6, 6.07) is 3.35. The number of aromatic amines is 1. The van der Waals surface area contributed by atoms with Crippen LogP contribution in [0.15, 0.2) is 24.5 Å². The predicted molar refractivity (Wildman–Crippen MR) is 77.6 cm³/mol. The molecular weight excluding hydrogens is 254 g/mol. The first kappa shape index (κ1) is 14.0. The molecule has 0 aliphatic carbocycles. The number of imidazole rings is 1. The molecule has 0 radical (unpaired) electrons. The van der Waals surface area contributed by atoms with E-state index in [1.165, 1.54) is 0 Å². The normalized spacial score (nSPS) is 11.9. The molecule has 0 aliphatic rings. The van der Waals surface area contributed by atoms with Gasteiger partial charge in [0.15, 0.2) is 0 Å². The molecule has 3 N–H and O–H groups in total. The quantitative estimate of drug-likeness (QED) is 0.778. The van der Waals surface area contributed by atoms with Crippen molar-refractivity contribution in [3.63, 3.8) is 0 Å². The zero-order valence-electron chi connectivity index (χ0n) is 11.9. The van der Waals surface area contributed by atoms with Gasteiger partial charge in [-0.15, -0.1) is 0 Å². The molecule has 6 heteroatoms. The van der Waals surface area contributed by atoms with Crippen molar-refractivity contribution in [3.05, 3.63) is 41.6 Å². The average molecular weight is 273 g/mol. The number of H-pyrrole nitrogens is 1. The van der Waals surface area contributed by atoms with E-state index < -0.39 is 0 Å². The Labute approximate surface area is 118 Å². The lowest BCUT2D eigenvalue weighted by Crippen LogP contribution is -2.27. The maximum atomic E-state index is 12.3. The molecule has 1 atom stereocenters. The van der Waals surface area contributed by atoms with Gasteiger partial charge in [-0.25, -0.2) is 9.97 Å². The van der Waals surface area contributed by atoms with Gasteiger partial charge in [0, 0.05) is 30.2 Å². The molecule has 0 aliphatic heterocycles. The molecule has 0 bridgehead atoms. The van der Waals surface area contributed by atoms with Crippen LogP contribution in [0.1, 0.15) is 41.8 Å². The molecule has 1 unspecified atom stereocenters. The van der Waals surface area contributed by atoms with Gasteiger partial charge >= 0.3 is 0 Å². The standard InChI is InChI=1S/C14H19N5O/c1-4-15-12-8-11(7-9(2)18-12)14(20)19-10(3)13-16-5-6-17-13/h5-8,10H,4H2,1-3H3,(H,15,18)(H,16,17)(H,19,20). The van der Waals surface area contributed by atoms with E-state index in [-0.39, 0.29) is 11.9 Å². The molecule has 0 saturated heterocycles. The molecule has 6 nitrogen and oxygen atoms in total. The minimum atomic E-state index is -0.173. The van der Waals surface area contributed by atoms with Gasteiger partial charge in [0.25, 0.3) is 5.91 Å². The van der Waals surface area contributed by atoms with E-state index in [2.05, 4.69) is 25.6 Å². The second-order valence-corrected chi connectivity index (χ2v) is 4.58. The van der Waals surface area contributed by atoms with Crippen LogP contribution in [0, 0.1) is 6.92 Å². The maximum absolute atomic E-state index is 12.3. The van der Waals surface area contributed by atoms with Crippen molar-refractivity contribution in [2.75, 3.05) is 11.9 Å². The van der Waals surface area contributed by atoms with Gasteiger partial charge in [0.05, 0.1) is 6.04 Å². The number of nitrogens with one attached hydrogen (secondary N) is 3. The topological polar surface area (TPSA) is 82.7 Å². The van der Waals surface area contributed by atoms with Crippen molar-refractivity contribution >= 4 is 11.7 Å². The monoisotopic (exact) mass is 273 g/mol. The molecular formula is C14H19N5O. The summed E-state index contributed by atoms with van der Waals surface area (Å²) in [6.45, 7) is 6.51. The number of aryl methyl sites for hydroxylation is 1. The summed E-state index contributed by atoms with van der Waals surface area (Å²) in [5, 5.41) is 6.02. The van der Waals surface area contributed by atoms with Crippen LogP contribution in [0.4, 0.5) is 5.82 Å². The minimum Gasteiger partial charge on any atom is -0.370 e. The Kier molecular flexibility index (Phi) is 4.34. The highest BCUT2D eigenvalue weighted by molar-refractivity contribution is 5.95. The van der Waals surface area contributed by atoms with Crippen LogP contribution in [0.5, 0.6) is 0 Å². The molecule has 1 amide bonds. The first-order valence-electron chi connectivity index (χ1n) is 6.63. The maximum Gasteiger partial charge on any atom is 0.252 e. The van der Waals surface area contributed by atoms with Crippen molar-refractivity contribution in [2.24, 2.45) is 0 Å². The fourth-order valence-electron chi connectivity index (χ4n) is 1.93. The number of anilines is 1. The number of pyridine rings is 1. The van der Waals surface area contributed by atoms with Gasteiger partial charge in [-0.2, -0.15) is 0 Å². The Morgan fingerprint density at radius 2 is 2.25 bits per heavy atom. The van der Waals surface area contributed by atoms with Crippen LogP contribution in [0.3, 0.4) is 0 Å². The first-order chi connectivity index (χ1) is 9.60. The van der Waals surface area contributed by atoms with Crippen LogP contribution < -0.4 is 10.6 Å². The summed E-state index contributed by atoms with van der Waals surface area (Å²) in [5.41, 5.74) is 1.39. The van der Waals surface area contributed by atoms with E-state index in [1.54, 1.807) is 24.5 Å². The number of nitrogens with zero attached hydrogens (tertiary/aromatic N) is 2. The molecule has 0 fully saturated rings. The van der Waals surface area contributed by atoms with Gasteiger partial charge in [-0.05, 0) is 32.9 Å². The highest BCUT2D eigenvalue weighted by atomic mass is 16.1. The van der Waals surface area contributed by atoms with Crippen LogP contribution in [0.2, 0.25) is 0 Å². The molecule has 0 saturated carbocycles. The molecule has 2 aromatic heterocycles.